The molecule has 0 bridgehead atoms. The van der Waals surface area contributed by atoms with Crippen molar-refractivity contribution in [3.05, 3.63) is 63.7 Å². The molecule has 2 aliphatic heterocycles. The van der Waals surface area contributed by atoms with Crippen LogP contribution in [0.15, 0.2) is 42.5 Å². The SMILES string of the molecule is CN(CCOc1cccc(CNC(=O)c2ccc(N3CCCC3)c([N+](=O)[O-])c2)c1)C1CCOCC1. The molecule has 0 aliphatic carbocycles. The molecular formula is C26H34N4O5. The van der Waals surface area contributed by atoms with Crippen LogP contribution in [0.5, 0.6) is 5.75 Å². The summed E-state index contributed by atoms with van der Waals surface area (Å²) >= 11 is 0. The van der Waals surface area contributed by atoms with Crippen molar-refractivity contribution in [2.24, 2.45) is 0 Å². The third-order valence-corrected chi connectivity index (χ3v) is 6.76. The number of hydrogen-bond donors (Lipinski definition) is 1. The van der Waals surface area contributed by atoms with Crippen LogP contribution in [0.4, 0.5) is 11.4 Å². The Kier molecular flexibility index (Phi) is 8.54. The number of nitro benzene ring substituents is 1. The number of benzene rings is 2. The van der Waals surface area contributed by atoms with Gasteiger partial charge in [0, 0.05) is 57.1 Å². The van der Waals surface area contributed by atoms with Crippen LogP contribution in [0.2, 0.25) is 0 Å². The Morgan fingerprint density at radius 2 is 1.97 bits per heavy atom. The molecule has 0 saturated carbocycles. The molecule has 9 nitrogen and oxygen atoms in total. The molecule has 2 aromatic rings. The third-order valence-electron chi connectivity index (χ3n) is 6.76. The number of carbonyl (C=O) groups is 1. The Hall–Kier alpha value is -3.17. The summed E-state index contributed by atoms with van der Waals surface area (Å²) in [5.41, 5.74) is 1.73. The fourth-order valence-electron chi connectivity index (χ4n) is 4.68. The molecular weight excluding hydrogens is 448 g/mol. The van der Waals surface area contributed by atoms with Gasteiger partial charge in [-0.2, -0.15) is 0 Å². The van der Waals surface area contributed by atoms with Crippen LogP contribution in [-0.4, -0.2) is 68.3 Å². The van der Waals surface area contributed by atoms with Crippen LogP contribution in [-0.2, 0) is 11.3 Å². The van der Waals surface area contributed by atoms with Crippen LogP contribution < -0.4 is 15.0 Å². The van der Waals surface area contributed by atoms with Gasteiger partial charge in [0.05, 0.1) is 4.92 Å². The van der Waals surface area contributed by atoms with Crippen molar-refractivity contribution in [2.45, 2.75) is 38.3 Å². The molecule has 1 amide bonds. The molecule has 0 aromatic heterocycles. The quantitative estimate of drug-likeness (QED) is 0.408. The highest BCUT2D eigenvalue weighted by atomic mass is 16.6. The molecule has 2 saturated heterocycles. The van der Waals surface area contributed by atoms with Gasteiger partial charge in [-0.1, -0.05) is 12.1 Å². The Morgan fingerprint density at radius 3 is 2.71 bits per heavy atom. The summed E-state index contributed by atoms with van der Waals surface area (Å²) in [6.07, 6.45) is 4.15. The number of nitrogens with zero attached hydrogens (tertiary/aromatic N) is 3. The molecule has 35 heavy (non-hydrogen) atoms. The summed E-state index contributed by atoms with van der Waals surface area (Å²) in [5.74, 6) is 0.410. The van der Waals surface area contributed by atoms with Crippen molar-refractivity contribution in [1.29, 1.82) is 0 Å². The van der Waals surface area contributed by atoms with Crippen molar-refractivity contribution in [3.8, 4) is 5.75 Å². The summed E-state index contributed by atoms with van der Waals surface area (Å²) in [6.45, 7) is 4.96. The highest BCUT2D eigenvalue weighted by molar-refractivity contribution is 5.95. The van der Waals surface area contributed by atoms with E-state index in [9.17, 15) is 14.9 Å². The van der Waals surface area contributed by atoms with Gasteiger partial charge in [0.1, 0.15) is 18.0 Å². The van der Waals surface area contributed by atoms with Gasteiger partial charge in [-0.3, -0.25) is 19.8 Å². The van der Waals surface area contributed by atoms with Crippen LogP contribution in [0, 0.1) is 10.1 Å². The van der Waals surface area contributed by atoms with E-state index in [-0.39, 0.29) is 17.2 Å². The van der Waals surface area contributed by atoms with Crippen molar-refractivity contribution >= 4 is 17.3 Å². The Morgan fingerprint density at radius 1 is 1.20 bits per heavy atom. The molecule has 2 fully saturated rings. The first-order valence-electron chi connectivity index (χ1n) is 12.3. The Bertz CT molecular complexity index is 1020. The van der Waals surface area contributed by atoms with Gasteiger partial charge in [0.15, 0.2) is 0 Å². The lowest BCUT2D eigenvalue weighted by Gasteiger charge is -2.31. The summed E-state index contributed by atoms with van der Waals surface area (Å²) in [5, 5.41) is 14.5. The number of ether oxygens (including phenoxy) is 2. The minimum Gasteiger partial charge on any atom is -0.492 e. The summed E-state index contributed by atoms with van der Waals surface area (Å²) < 4.78 is 11.4. The average Bonchev–Trinajstić information content (AvgIpc) is 3.42. The molecule has 0 unspecified atom stereocenters. The molecule has 2 heterocycles. The van der Waals surface area contributed by atoms with Gasteiger partial charge in [0.2, 0.25) is 0 Å². The van der Waals surface area contributed by atoms with Crippen LogP contribution >= 0.6 is 0 Å². The minimum absolute atomic E-state index is 0.0272. The van der Waals surface area contributed by atoms with Crippen molar-refractivity contribution < 1.29 is 19.2 Å². The van der Waals surface area contributed by atoms with E-state index in [1.165, 1.54) is 6.07 Å². The predicted molar refractivity (Wildman–Crippen MR) is 134 cm³/mol. The van der Waals surface area contributed by atoms with Crippen LogP contribution in [0.25, 0.3) is 0 Å². The first kappa shape index (κ1) is 24.9. The fraction of sp³-hybridized carbons (Fsp3) is 0.500. The maximum absolute atomic E-state index is 12.7. The number of hydrogen-bond acceptors (Lipinski definition) is 7. The summed E-state index contributed by atoms with van der Waals surface area (Å²) in [7, 11) is 2.12. The van der Waals surface area contributed by atoms with Gasteiger partial charge in [0.25, 0.3) is 11.6 Å². The highest BCUT2D eigenvalue weighted by Gasteiger charge is 2.24. The first-order chi connectivity index (χ1) is 17.0. The van der Waals surface area contributed by atoms with E-state index in [0.29, 0.717) is 24.9 Å². The lowest BCUT2D eigenvalue weighted by molar-refractivity contribution is -0.384. The van der Waals surface area contributed by atoms with Gasteiger partial charge in [-0.25, -0.2) is 0 Å². The van der Waals surface area contributed by atoms with E-state index in [0.717, 1.165) is 69.8 Å². The normalized spacial score (nSPS) is 16.5. The third kappa shape index (κ3) is 6.70. The van der Waals surface area contributed by atoms with Crippen molar-refractivity contribution in [3.63, 3.8) is 0 Å². The largest absolute Gasteiger partial charge is 0.492 e. The molecule has 4 rings (SSSR count). The molecule has 0 spiro atoms. The molecule has 9 heteroatoms. The van der Waals surface area contributed by atoms with Crippen molar-refractivity contribution in [1.82, 2.24) is 10.2 Å². The van der Waals surface area contributed by atoms with E-state index in [4.69, 9.17) is 9.47 Å². The zero-order valence-corrected chi connectivity index (χ0v) is 20.3. The summed E-state index contributed by atoms with van der Waals surface area (Å²) in [4.78, 5) is 28.2. The Labute approximate surface area is 206 Å². The van der Waals surface area contributed by atoms with Gasteiger partial charge < -0.3 is 19.7 Å². The zero-order valence-electron chi connectivity index (χ0n) is 20.3. The number of nitrogens with one attached hydrogen (secondary N) is 1. The van der Waals surface area contributed by atoms with Gasteiger partial charge in [-0.05, 0) is 62.6 Å². The Balaban J connectivity index is 1.30. The maximum Gasteiger partial charge on any atom is 0.293 e. The van der Waals surface area contributed by atoms with Gasteiger partial charge >= 0.3 is 0 Å². The summed E-state index contributed by atoms with van der Waals surface area (Å²) in [6, 6.07) is 12.9. The molecule has 2 aliphatic rings. The second-order valence-corrected chi connectivity index (χ2v) is 9.16. The number of rotatable bonds is 10. The molecule has 0 atom stereocenters. The second kappa shape index (κ2) is 12.0. The molecule has 188 valence electrons. The van der Waals surface area contributed by atoms with E-state index in [1.807, 2.05) is 29.2 Å². The topological polar surface area (TPSA) is 97.2 Å². The lowest BCUT2D eigenvalue weighted by atomic mass is 10.1. The van der Waals surface area contributed by atoms with Gasteiger partial charge in [-0.15, -0.1) is 0 Å². The number of amides is 1. The first-order valence-corrected chi connectivity index (χ1v) is 12.3. The monoisotopic (exact) mass is 482 g/mol. The number of anilines is 1. The molecule has 2 aromatic carbocycles. The van der Waals surface area contributed by atoms with E-state index >= 15 is 0 Å². The second-order valence-electron chi connectivity index (χ2n) is 9.16. The smallest absolute Gasteiger partial charge is 0.293 e. The standard InChI is InChI=1S/C26H34N4O5/c1-28(22-9-14-34-15-10-22)13-16-35-23-6-4-5-20(17-23)19-27-26(31)21-7-8-24(25(18-21)30(32)33)29-11-2-3-12-29/h4-8,17-18,22H,2-3,9-16,19H2,1H3,(H,27,31). The van der Waals surface area contributed by atoms with Crippen LogP contribution in [0.1, 0.15) is 41.6 Å². The number of nitro groups is 1. The maximum atomic E-state index is 12.7. The zero-order chi connectivity index (χ0) is 24.6. The fourth-order valence-corrected chi connectivity index (χ4v) is 4.68. The molecule has 1 N–H and O–H groups in total. The highest BCUT2D eigenvalue weighted by Crippen LogP contribution is 2.31. The molecule has 0 radical (unpaired) electrons. The average molecular weight is 483 g/mol. The number of carbonyl (C=O) groups excluding carboxylic acids is 1. The van der Waals surface area contributed by atoms with E-state index < -0.39 is 4.92 Å². The predicted octanol–water partition coefficient (Wildman–Crippen LogP) is 3.61. The van der Waals surface area contributed by atoms with Crippen molar-refractivity contribution in [2.75, 3.05) is 51.4 Å². The lowest BCUT2D eigenvalue weighted by Crippen LogP contribution is -2.38. The number of likely N-dealkylation sites (N-methyl/N-ethyl adjacent to an activating group) is 1. The van der Waals surface area contributed by atoms with E-state index in [1.54, 1.807) is 12.1 Å². The van der Waals surface area contributed by atoms with Crippen LogP contribution in [0.3, 0.4) is 0 Å². The minimum atomic E-state index is -0.412. The van der Waals surface area contributed by atoms with E-state index in [2.05, 4.69) is 17.3 Å².